The van der Waals surface area contributed by atoms with Crippen LogP contribution in [0.4, 0.5) is 26.3 Å². The minimum absolute atomic E-state index is 0.00507. The van der Waals surface area contributed by atoms with E-state index in [1.165, 1.54) is 34.0 Å². The lowest BCUT2D eigenvalue weighted by Crippen LogP contribution is -2.68. The highest BCUT2D eigenvalue weighted by Crippen LogP contribution is 2.73. The lowest BCUT2D eigenvalue weighted by molar-refractivity contribution is -0.314. The zero-order valence-electron chi connectivity index (χ0n) is 39.0. The number of hydrogen-bond donors (Lipinski definition) is 4. The van der Waals surface area contributed by atoms with Gasteiger partial charge in [0.2, 0.25) is 47.3 Å². The van der Waals surface area contributed by atoms with Gasteiger partial charge in [-0.3, -0.25) is 33.6 Å². The van der Waals surface area contributed by atoms with Crippen LogP contribution in [0.1, 0.15) is 104 Å². The SMILES string of the molecule is CC(C)C[C@@H]1NC(=O)[C@@H](N(C)C(=O)[C@@H](NC(=O)[C@@H]2C[C@@H](F)CN2C(=O)C2(C(F)(F)F)CC3(CC(F)(F)C3)C2)C2CC2)CCCCNC(=O)C(C)(C)NC(=O)[C@H](Cc2cc(Cl)ccc2Cl)N(C)C1=O. The van der Waals surface area contributed by atoms with Gasteiger partial charge in [0.25, 0.3) is 0 Å². The maximum atomic E-state index is 15.1. The molecule has 3 aliphatic carbocycles. The normalized spacial score (nSPS) is 27.9. The van der Waals surface area contributed by atoms with E-state index < -0.39 is 151 Å². The van der Waals surface area contributed by atoms with Gasteiger partial charge >= 0.3 is 6.18 Å². The Balaban J connectivity index is 1.24. The summed E-state index contributed by atoms with van der Waals surface area (Å²) in [6.45, 7) is 5.90. The Morgan fingerprint density at radius 1 is 0.971 bits per heavy atom. The maximum absolute atomic E-state index is 15.1. The molecule has 4 N–H and O–H groups in total. The third-order valence-electron chi connectivity index (χ3n) is 14.2. The smallest absolute Gasteiger partial charge is 0.354 e. The molecule has 2 heterocycles. The summed E-state index contributed by atoms with van der Waals surface area (Å²) < 4.78 is 86.6. The number of nitrogens with zero attached hydrogens (tertiary/aromatic N) is 3. The zero-order valence-corrected chi connectivity index (χ0v) is 40.5. The summed E-state index contributed by atoms with van der Waals surface area (Å²) in [5.74, 6) is -9.90. The largest absolute Gasteiger partial charge is 0.403 e. The second kappa shape index (κ2) is 19.8. The van der Waals surface area contributed by atoms with E-state index in [0.29, 0.717) is 34.7 Å². The van der Waals surface area contributed by atoms with Crippen molar-refractivity contribution in [1.29, 1.82) is 0 Å². The number of alkyl halides is 6. The van der Waals surface area contributed by atoms with Crippen LogP contribution in [0.3, 0.4) is 0 Å². The molecule has 3 saturated carbocycles. The van der Waals surface area contributed by atoms with Crippen LogP contribution in [0.2, 0.25) is 10.0 Å². The van der Waals surface area contributed by atoms with Gasteiger partial charge in [-0.25, -0.2) is 13.2 Å². The van der Waals surface area contributed by atoms with Gasteiger partial charge in [0.1, 0.15) is 47.3 Å². The van der Waals surface area contributed by atoms with Gasteiger partial charge in [-0.1, -0.05) is 37.0 Å². The van der Waals surface area contributed by atoms with Crippen LogP contribution in [0.15, 0.2) is 18.2 Å². The van der Waals surface area contributed by atoms with Crippen molar-refractivity contribution in [3.05, 3.63) is 33.8 Å². The van der Waals surface area contributed by atoms with Gasteiger partial charge in [-0.2, -0.15) is 13.2 Å². The predicted octanol–water partition coefficient (Wildman–Crippen LogP) is 5.51. The summed E-state index contributed by atoms with van der Waals surface area (Å²) >= 11 is 12.8. The number of amides is 7. The van der Waals surface area contributed by atoms with E-state index in [-0.39, 0.29) is 43.2 Å². The van der Waals surface area contributed by atoms with Crippen molar-refractivity contribution < 1.29 is 59.9 Å². The summed E-state index contributed by atoms with van der Waals surface area (Å²) in [7, 11) is 2.70. The van der Waals surface area contributed by atoms with Gasteiger partial charge in [-0.15, -0.1) is 0 Å². The van der Waals surface area contributed by atoms with E-state index >= 15 is 4.39 Å². The van der Waals surface area contributed by atoms with Gasteiger partial charge in [0.15, 0.2) is 0 Å². The molecule has 1 spiro atoms. The first-order valence-corrected chi connectivity index (χ1v) is 23.8. The molecule has 68 heavy (non-hydrogen) atoms. The second-order valence-electron chi connectivity index (χ2n) is 20.7. The molecule has 0 unspecified atom stereocenters. The van der Waals surface area contributed by atoms with Crippen LogP contribution in [-0.2, 0) is 40.0 Å². The number of carbonyl (C=O) groups excluding carboxylic acids is 7. The van der Waals surface area contributed by atoms with E-state index in [2.05, 4.69) is 21.3 Å². The Morgan fingerprint density at radius 2 is 1.62 bits per heavy atom. The average Bonchev–Trinajstić information content (AvgIpc) is 3.98. The van der Waals surface area contributed by atoms with Gasteiger partial charge in [0.05, 0.1) is 6.54 Å². The lowest BCUT2D eigenvalue weighted by atomic mass is 9.43. The summed E-state index contributed by atoms with van der Waals surface area (Å²) in [6, 6.07) is -2.25. The quantitative estimate of drug-likeness (QED) is 0.224. The third kappa shape index (κ3) is 11.3. The molecule has 0 bridgehead atoms. The van der Waals surface area contributed by atoms with Gasteiger partial charge in [-0.05, 0) is 106 Å². The van der Waals surface area contributed by atoms with Gasteiger partial charge < -0.3 is 36.0 Å². The predicted molar refractivity (Wildman–Crippen MR) is 238 cm³/mol. The molecule has 6 rings (SSSR count). The fourth-order valence-corrected chi connectivity index (χ4v) is 10.9. The van der Waals surface area contributed by atoms with Crippen molar-refractivity contribution in [2.75, 3.05) is 27.2 Å². The minimum Gasteiger partial charge on any atom is -0.354 e. The number of rotatable bonds is 10. The van der Waals surface area contributed by atoms with Gasteiger partial charge in [0, 0.05) is 56.4 Å². The molecular formula is C46H61Cl2F6N7O7. The van der Waals surface area contributed by atoms with Crippen LogP contribution in [0, 0.1) is 22.7 Å². The van der Waals surface area contributed by atoms with Crippen molar-refractivity contribution >= 4 is 64.6 Å². The average molecular weight is 1010 g/mol. The molecule has 1 aromatic rings. The number of carbonyl (C=O) groups is 7. The Kier molecular flexibility index (Phi) is 15.5. The van der Waals surface area contributed by atoms with Crippen molar-refractivity contribution in [2.24, 2.45) is 22.7 Å². The molecule has 5 fully saturated rings. The molecule has 6 atom stereocenters. The molecule has 378 valence electrons. The van der Waals surface area contributed by atoms with Crippen LogP contribution < -0.4 is 21.3 Å². The molecule has 2 aliphatic heterocycles. The molecule has 0 radical (unpaired) electrons. The van der Waals surface area contributed by atoms with E-state index in [9.17, 15) is 55.5 Å². The lowest BCUT2D eigenvalue weighted by Gasteiger charge is -2.62. The topological polar surface area (TPSA) is 177 Å². The van der Waals surface area contributed by atoms with Crippen LogP contribution in [0.25, 0.3) is 0 Å². The van der Waals surface area contributed by atoms with Crippen LogP contribution >= 0.6 is 23.2 Å². The minimum atomic E-state index is -5.17. The molecule has 22 heteroatoms. The summed E-state index contributed by atoms with van der Waals surface area (Å²) in [6.07, 6.45) is -9.76. The fraction of sp³-hybridized carbons (Fsp3) is 0.717. The number of halogens is 8. The van der Waals surface area contributed by atoms with Crippen molar-refractivity contribution in [3.63, 3.8) is 0 Å². The molecule has 0 aromatic heterocycles. The Morgan fingerprint density at radius 3 is 2.21 bits per heavy atom. The maximum Gasteiger partial charge on any atom is 0.403 e. The van der Waals surface area contributed by atoms with Crippen molar-refractivity contribution in [1.82, 2.24) is 36.0 Å². The van der Waals surface area contributed by atoms with Crippen LogP contribution in [0.5, 0.6) is 0 Å². The first kappa shape index (κ1) is 53.0. The second-order valence-corrected chi connectivity index (χ2v) is 21.5. The van der Waals surface area contributed by atoms with E-state index in [4.69, 9.17) is 23.2 Å². The Labute approximate surface area is 401 Å². The monoisotopic (exact) mass is 1010 g/mol. The highest BCUT2D eigenvalue weighted by molar-refractivity contribution is 6.33. The molecule has 1 aromatic carbocycles. The Hall–Kier alpha value is -4.33. The molecule has 5 aliphatic rings. The first-order chi connectivity index (χ1) is 31.5. The molecular weight excluding hydrogens is 947 g/mol. The number of nitrogens with one attached hydrogen (secondary N) is 4. The number of hydrogen-bond acceptors (Lipinski definition) is 7. The fourth-order valence-electron chi connectivity index (χ4n) is 10.5. The summed E-state index contributed by atoms with van der Waals surface area (Å²) in [5, 5.41) is 11.5. The summed E-state index contributed by atoms with van der Waals surface area (Å²) in [5.41, 5.74) is -5.49. The third-order valence-corrected chi connectivity index (χ3v) is 14.8. The number of likely N-dealkylation sites (tertiary alicyclic amines) is 1. The van der Waals surface area contributed by atoms with E-state index in [1.54, 1.807) is 12.1 Å². The highest BCUT2D eigenvalue weighted by atomic mass is 35.5. The van der Waals surface area contributed by atoms with E-state index in [1.807, 2.05) is 13.8 Å². The molecule has 7 amide bonds. The zero-order chi connectivity index (χ0) is 50.5. The first-order valence-electron chi connectivity index (χ1n) is 23.1. The summed E-state index contributed by atoms with van der Waals surface area (Å²) in [4.78, 5) is 102. The molecule has 2 saturated heterocycles. The number of likely N-dealkylation sites (N-methyl/N-ethyl adjacent to an activating group) is 2. The Bertz CT molecular complexity index is 2140. The molecule has 14 nitrogen and oxygen atoms in total. The van der Waals surface area contributed by atoms with Crippen molar-refractivity contribution in [2.45, 2.75) is 159 Å². The van der Waals surface area contributed by atoms with Crippen molar-refractivity contribution in [3.8, 4) is 0 Å². The highest BCUT2D eigenvalue weighted by Gasteiger charge is 2.77. The number of benzene rings is 1. The standard InChI is InChI=1S/C46H61Cl2F6N7O7/c1-24(2)15-30-38(65)60(6)32(17-26-16-27(47)12-13-29(26)48)37(64)58-42(3,4)40(67)55-14-8-7-9-31(35(62)56-30)59(5)39(66)34(25-10-11-25)57-36(63)33-18-28(49)19-61(33)41(68)44(46(52,53)54)20-43(21-44)22-45(50,51)23-43/h12-13,16,24-25,28,30-34H,7-11,14-15,17-23H2,1-6H3,(H,55,67)(H,56,62)(H,57,63)(H,58,64)/t28-,30+,31+,32+,33+,34+/m1/s1. The van der Waals surface area contributed by atoms with Crippen LogP contribution in [-0.4, -0.2) is 137 Å². The van der Waals surface area contributed by atoms with E-state index in [0.717, 1.165) is 9.80 Å².